The Kier molecular flexibility index (Phi) is 4.46. The fraction of sp³-hybridized carbons (Fsp3) is 0.462. The van der Waals surface area contributed by atoms with E-state index >= 15 is 0 Å². The van der Waals surface area contributed by atoms with Crippen molar-refractivity contribution in [1.29, 1.82) is 0 Å². The minimum Gasteiger partial charge on any atom is -0.477 e. The molecule has 1 fully saturated rings. The number of ether oxygens (including phenoxy) is 1. The minimum absolute atomic E-state index is 0.131. The Labute approximate surface area is 110 Å². The number of carboxylic acids is 1. The molecule has 1 aliphatic rings. The normalized spacial score (nSPS) is 18.8. The van der Waals surface area contributed by atoms with Crippen LogP contribution in [0.25, 0.3) is 0 Å². The number of amides is 1. The van der Waals surface area contributed by atoms with Gasteiger partial charge in [-0.15, -0.1) is 0 Å². The van der Waals surface area contributed by atoms with Crippen molar-refractivity contribution in [2.24, 2.45) is 5.92 Å². The van der Waals surface area contributed by atoms with Crippen LogP contribution in [0.15, 0.2) is 18.3 Å². The molecule has 102 valence electrons. The number of nitrogens with one attached hydrogen (secondary N) is 1. The summed E-state index contributed by atoms with van der Waals surface area (Å²) in [6.07, 6.45) is 3.37. The molecular weight excluding hydrogens is 248 g/mol. The number of hydrogen-bond donors (Lipinski definition) is 2. The topological polar surface area (TPSA) is 88.5 Å². The Morgan fingerprint density at radius 1 is 1.53 bits per heavy atom. The summed E-state index contributed by atoms with van der Waals surface area (Å²) in [7, 11) is 0. The lowest BCUT2D eigenvalue weighted by atomic mass is 10.0. The fourth-order valence-electron chi connectivity index (χ4n) is 2.00. The molecule has 2 rings (SSSR count). The molecule has 0 saturated carbocycles. The van der Waals surface area contributed by atoms with E-state index < -0.39 is 5.97 Å². The summed E-state index contributed by atoms with van der Waals surface area (Å²) >= 11 is 0. The van der Waals surface area contributed by atoms with Crippen LogP contribution in [-0.2, 0) is 4.74 Å². The summed E-state index contributed by atoms with van der Waals surface area (Å²) in [6, 6.07) is 2.77. The molecule has 6 nitrogen and oxygen atoms in total. The maximum atomic E-state index is 11.9. The number of carbonyl (C=O) groups is 2. The summed E-state index contributed by atoms with van der Waals surface area (Å²) in [5, 5.41) is 11.6. The van der Waals surface area contributed by atoms with E-state index in [1.54, 1.807) is 0 Å². The number of carboxylic acid groups (broad SMARTS) is 1. The first-order chi connectivity index (χ1) is 9.16. The zero-order valence-electron chi connectivity index (χ0n) is 10.5. The van der Waals surface area contributed by atoms with Gasteiger partial charge in [0.05, 0.1) is 6.61 Å². The molecule has 19 heavy (non-hydrogen) atoms. The first kappa shape index (κ1) is 13.5. The fourth-order valence-corrected chi connectivity index (χ4v) is 2.00. The third-order valence-corrected chi connectivity index (χ3v) is 3.05. The van der Waals surface area contributed by atoms with Gasteiger partial charge in [0, 0.05) is 24.9 Å². The van der Waals surface area contributed by atoms with Crippen LogP contribution in [0.3, 0.4) is 0 Å². The van der Waals surface area contributed by atoms with Crippen molar-refractivity contribution in [3.8, 4) is 0 Å². The molecule has 1 aliphatic heterocycles. The van der Waals surface area contributed by atoms with E-state index in [4.69, 9.17) is 9.84 Å². The van der Waals surface area contributed by atoms with Gasteiger partial charge < -0.3 is 15.2 Å². The summed E-state index contributed by atoms with van der Waals surface area (Å²) in [5.41, 5.74) is 0.178. The van der Waals surface area contributed by atoms with Crippen LogP contribution in [0.1, 0.15) is 33.7 Å². The van der Waals surface area contributed by atoms with E-state index in [0.717, 1.165) is 19.4 Å². The van der Waals surface area contributed by atoms with Crippen molar-refractivity contribution < 1.29 is 19.4 Å². The van der Waals surface area contributed by atoms with Gasteiger partial charge in [-0.1, -0.05) is 0 Å². The monoisotopic (exact) mass is 264 g/mol. The lowest BCUT2D eigenvalue weighted by molar-refractivity contribution is 0.0536. The van der Waals surface area contributed by atoms with Gasteiger partial charge in [0.25, 0.3) is 5.91 Å². The predicted molar refractivity (Wildman–Crippen MR) is 67.1 cm³/mol. The lowest BCUT2D eigenvalue weighted by Crippen LogP contribution is -2.33. The van der Waals surface area contributed by atoms with E-state index in [-0.39, 0.29) is 11.6 Å². The van der Waals surface area contributed by atoms with E-state index in [0.29, 0.717) is 24.6 Å². The highest BCUT2D eigenvalue weighted by Crippen LogP contribution is 2.12. The summed E-state index contributed by atoms with van der Waals surface area (Å²) in [5.74, 6) is -1.09. The van der Waals surface area contributed by atoms with Gasteiger partial charge in [0.2, 0.25) is 0 Å². The van der Waals surface area contributed by atoms with Crippen molar-refractivity contribution in [3.63, 3.8) is 0 Å². The Balaban J connectivity index is 1.92. The van der Waals surface area contributed by atoms with Crippen molar-refractivity contribution in [3.05, 3.63) is 29.6 Å². The Bertz CT molecular complexity index is 469. The molecule has 1 saturated heterocycles. The quantitative estimate of drug-likeness (QED) is 0.844. The molecule has 1 atom stereocenters. The zero-order chi connectivity index (χ0) is 13.7. The first-order valence-electron chi connectivity index (χ1n) is 6.22. The highest BCUT2D eigenvalue weighted by molar-refractivity contribution is 5.96. The standard InChI is InChI=1S/C13H16N2O4/c16-12(15-7-9-2-1-5-19-8-9)10-3-4-14-11(6-10)13(17)18/h3-4,6,9H,1-2,5,7-8H2,(H,15,16)(H,17,18). The molecule has 1 amide bonds. The summed E-state index contributed by atoms with van der Waals surface area (Å²) in [4.78, 5) is 26.3. The Morgan fingerprint density at radius 2 is 2.37 bits per heavy atom. The molecule has 1 aromatic heterocycles. The van der Waals surface area contributed by atoms with Crippen LogP contribution in [0.5, 0.6) is 0 Å². The van der Waals surface area contributed by atoms with E-state index in [1.807, 2.05) is 0 Å². The van der Waals surface area contributed by atoms with Gasteiger partial charge in [-0.05, 0) is 30.9 Å². The summed E-state index contributed by atoms with van der Waals surface area (Å²) in [6.45, 7) is 2.00. The number of aromatic carboxylic acids is 1. The van der Waals surface area contributed by atoms with Gasteiger partial charge in [-0.3, -0.25) is 4.79 Å². The molecule has 0 bridgehead atoms. The van der Waals surface area contributed by atoms with Crippen molar-refractivity contribution >= 4 is 11.9 Å². The molecule has 0 aliphatic carbocycles. The predicted octanol–water partition coefficient (Wildman–Crippen LogP) is 0.936. The molecule has 0 spiro atoms. The SMILES string of the molecule is O=C(NCC1CCCOC1)c1ccnc(C(=O)O)c1. The Hall–Kier alpha value is -1.95. The third kappa shape index (κ3) is 3.75. The molecule has 0 aromatic carbocycles. The van der Waals surface area contributed by atoms with Crippen LogP contribution >= 0.6 is 0 Å². The van der Waals surface area contributed by atoms with Gasteiger partial charge >= 0.3 is 5.97 Å². The molecule has 2 N–H and O–H groups in total. The number of pyridine rings is 1. The second kappa shape index (κ2) is 6.29. The summed E-state index contributed by atoms with van der Waals surface area (Å²) < 4.78 is 5.33. The maximum absolute atomic E-state index is 11.9. The second-order valence-electron chi connectivity index (χ2n) is 4.53. The van der Waals surface area contributed by atoms with Gasteiger partial charge in [-0.2, -0.15) is 0 Å². The largest absolute Gasteiger partial charge is 0.477 e. The van der Waals surface area contributed by atoms with Crippen molar-refractivity contribution in [1.82, 2.24) is 10.3 Å². The third-order valence-electron chi connectivity index (χ3n) is 3.05. The molecule has 1 unspecified atom stereocenters. The molecule has 1 aromatic rings. The van der Waals surface area contributed by atoms with Crippen LogP contribution in [-0.4, -0.2) is 41.7 Å². The van der Waals surface area contributed by atoms with Crippen LogP contribution in [0.4, 0.5) is 0 Å². The number of hydrogen-bond acceptors (Lipinski definition) is 4. The van der Waals surface area contributed by atoms with E-state index in [1.165, 1.54) is 18.3 Å². The molecular formula is C13H16N2O4. The minimum atomic E-state index is -1.14. The first-order valence-corrected chi connectivity index (χ1v) is 6.22. The average Bonchev–Trinajstić information content (AvgIpc) is 2.46. The number of aromatic nitrogens is 1. The van der Waals surface area contributed by atoms with E-state index in [9.17, 15) is 9.59 Å². The highest BCUT2D eigenvalue weighted by atomic mass is 16.5. The maximum Gasteiger partial charge on any atom is 0.354 e. The van der Waals surface area contributed by atoms with Gasteiger partial charge in [0.15, 0.2) is 0 Å². The van der Waals surface area contributed by atoms with Crippen molar-refractivity contribution in [2.75, 3.05) is 19.8 Å². The lowest BCUT2D eigenvalue weighted by Gasteiger charge is -2.22. The van der Waals surface area contributed by atoms with Crippen LogP contribution < -0.4 is 5.32 Å². The Morgan fingerprint density at radius 3 is 3.05 bits per heavy atom. The zero-order valence-corrected chi connectivity index (χ0v) is 10.5. The molecule has 2 heterocycles. The second-order valence-corrected chi connectivity index (χ2v) is 4.53. The highest BCUT2D eigenvalue weighted by Gasteiger charge is 2.16. The van der Waals surface area contributed by atoms with Crippen molar-refractivity contribution in [2.45, 2.75) is 12.8 Å². The number of carbonyl (C=O) groups excluding carboxylic acids is 1. The molecule has 6 heteroatoms. The van der Waals surface area contributed by atoms with Gasteiger partial charge in [-0.25, -0.2) is 9.78 Å². The number of rotatable bonds is 4. The average molecular weight is 264 g/mol. The van der Waals surface area contributed by atoms with Gasteiger partial charge in [0.1, 0.15) is 5.69 Å². The van der Waals surface area contributed by atoms with Crippen LogP contribution in [0, 0.1) is 5.92 Å². The smallest absolute Gasteiger partial charge is 0.354 e. The number of nitrogens with zero attached hydrogens (tertiary/aromatic N) is 1. The molecule has 0 radical (unpaired) electrons. The van der Waals surface area contributed by atoms with E-state index in [2.05, 4.69) is 10.3 Å². The van der Waals surface area contributed by atoms with Crippen LogP contribution in [0.2, 0.25) is 0 Å².